The number of rotatable bonds is 4. The fourth-order valence-corrected chi connectivity index (χ4v) is 1.10. The molecule has 1 atom stereocenters. The van der Waals surface area contributed by atoms with Crippen LogP contribution >= 0.6 is 0 Å². The van der Waals surface area contributed by atoms with Crippen LogP contribution in [-0.4, -0.2) is 24.2 Å². The molecule has 0 radical (unpaired) electrons. The van der Waals surface area contributed by atoms with E-state index in [1.54, 1.807) is 32.9 Å². The van der Waals surface area contributed by atoms with E-state index >= 15 is 0 Å². The smallest absolute Gasteiger partial charge is 0.357 e. The Bertz CT molecular complexity index is 477. The third kappa shape index (κ3) is 3.20. The Morgan fingerprint density at radius 2 is 2.17 bits per heavy atom. The van der Waals surface area contributed by atoms with Gasteiger partial charge in [0.25, 0.3) is 0 Å². The summed E-state index contributed by atoms with van der Waals surface area (Å²) < 4.78 is 10.1. The molecule has 0 bridgehead atoms. The van der Waals surface area contributed by atoms with Crippen molar-refractivity contribution in [1.82, 2.24) is 4.98 Å². The number of methoxy groups -OCH3 is 1. The van der Waals surface area contributed by atoms with Crippen molar-refractivity contribution in [3.8, 4) is 11.9 Å². The maximum absolute atomic E-state index is 11.8. The minimum atomic E-state index is -0.742. The van der Waals surface area contributed by atoms with Crippen LogP contribution in [0.3, 0.4) is 0 Å². The average Bonchev–Trinajstić information content (AvgIpc) is 2.38. The van der Waals surface area contributed by atoms with E-state index in [1.165, 1.54) is 13.2 Å². The molecule has 0 saturated heterocycles. The zero-order valence-corrected chi connectivity index (χ0v) is 10.9. The van der Waals surface area contributed by atoms with Gasteiger partial charge in [-0.3, -0.25) is 0 Å². The fourth-order valence-electron chi connectivity index (χ4n) is 1.10. The molecule has 1 aromatic rings. The number of pyridine rings is 1. The van der Waals surface area contributed by atoms with E-state index in [0.717, 1.165) is 0 Å². The number of nitriles is 1. The van der Waals surface area contributed by atoms with Crippen LogP contribution in [0.1, 0.15) is 31.3 Å². The van der Waals surface area contributed by atoms with E-state index in [9.17, 15) is 4.79 Å². The second-order valence-corrected chi connectivity index (χ2v) is 4.45. The maximum Gasteiger partial charge on any atom is 0.357 e. The van der Waals surface area contributed by atoms with Gasteiger partial charge in [-0.05, 0) is 26.8 Å². The number of aromatic nitrogens is 1. The quantitative estimate of drug-likeness (QED) is 0.764. The normalized spacial score (nSPS) is 12.4. The van der Waals surface area contributed by atoms with Crippen LogP contribution in [0.15, 0.2) is 18.2 Å². The highest BCUT2D eigenvalue weighted by atomic mass is 16.5. The molecule has 18 heavy (non-hydrogen) atoms. The third-order valence-corrected chi connectivity index (χ3v) is 2.73. The van der Waals surface area contributed by atoms with Crippen molar-refractivity contribution in [2.24, 2.45) is 5.41 Å². The topological polar surface area (TPSA) is 72.2 Å². The number of esters is 1. The molecule has 0 fully saturated rings. The van der Waals surface area contributed by atoms with Gasteiger partial charge in [0.2, 0.25) is 5.88 Å². The van der Waals surface area contributed by atoms with E-state index in [0.29, 0.717) is 5.88 Å². The lowest BCUT2D eigenvalue weighted by atomic mass is 9.89. The fraction of sp³-hybridized carbons (Fsp3) is 0.462. The maximum atomic E-state index is 11.8. The minimum absolute atomic E-state index is 0.162. The summed E-state index contributed by atoms with van der Waals surface area (Å²) in [6, 6.07) is 6.93. The van der Waals surface area contributed by atoms with Gasteiger partial charge in [-0.15, -0.1) is 0 Å². The van der Waals surface area contributed by atoms with Crippen molar-refractivity contribution in [3.05, 3.63) is 23.9 Å². The lowest BCUT2D eigenvalue weighted by Gasteiger charge is -2.23. The Kier molecular flexibility index (Phi) is 4.27. The van der Waals surface area contributed by atoms with E-state index in [2.05, 4.69) is 11.1 Å². The number of carbonyl (C=O) groups excluding carboxylic acids is 1. The largest absolute Gasteiger partial charge is 0.481 e. The van der Waals surface area contributed by atoms with Gasteiger partial charge in [0.05, 0.1) is 18.6 Å². The molecule has 0 aliphatic heterocycles. The van der Waals surface area contributed by atoms with Gasteiger partial charge in [-0.2, -0.15) is 5.26 Å². The third-order valence-electron chi connectivity index (χ3n) is 2.73. The molecule has 1 rings (SSSR count). The first-order valence-corrected chi connectivity index (χ1v) is 5.54. The second-order valence-electron chi connectivity index (χ2n) is 4.45. The van der Waals surface area contributed by atoms with Crippen LogP contribution in [-0.2, 0) is 4.74 Å². The lowest BCUT2D eigenvalue weighted by Crippen LogP contribution is -2.30. The van der Waals surface area contributed by atoms with E-state index in [-0.39, 0.29) is 5.69 Å². The predicted octanol–water partition coefficient (Wildman–Crippen LogP) is 2.19. The highest BCUT2D eigenvalue weighted by Gasteiger charge is 2.29. The summed E-state index contributed by atoms with van der Waals surface area (Å²) in [5, 5.41) is 8.95. The summed E-state index contributed by atoms with van der Waals surface area (Å²) in [6.45, 7) is 5.11. The van der Waals surface area contributed by atoms with Gasteiger partial charge in [0, 0.05) is 6.07 Å². The molecular formula is C13H16N2O3. The van der Waals surface area contributed by atoms with Crippen LogP contribution in [0.2, 0.25) is 0 Å². The zero-order chi connectivity index (χ0) is 13.8. The number of carbonyl (C=O) groups is 1. The predicted molar refractivity (Wildman–Crippen MR) is 65.1 cm³/mol. The van der Waals surface area contributed by atoms with Crippen LogP contribution in [0.4, 0.5) is 0 Å². The summed E-state index contributed by atoms with van der Waals surface area (Å²) in [5.74, 6) is -0.221. The molecule has 5 heteroatoms. The van der Waals surface area contributed by atoms with E-state index in [4.69, 9.17) is 14.7 Å². The van der Waals surface area contributed by atoms with Gasteiger partial charge >= 0.3 is 5.97 Å². The number of ether oxygens (including phenoxy) is 2. The molecule has 1 heterocycles. The average molecular weight is 248 g/mol. The van der Waals surface area contributed by atoms with Crippen LogP contribution in [0, 0.1) is 16.7 Å². The molecule has 0 aliphatic rings. The van der Waals surface area contributed by atoms with Crippen molar-refractivity contribution in [3.63, 3.8) is 0 Å². The van der Waals surface area contributed by atoms with Crippen LogP contribution < -0.4 is 4.74 Å². The SMILES string of the molecule is COc1cccc(C(=O)O[C@H](C)C(C)(C)C#N)n1. The Morgan fingerprint density at radius 3 is 2.72 bits per heavy atom. The Hall–Kier alpha value is -2.09. The number of nitrogens with zero attached hydrogens (tertiary/aromatic N) is 2. The summed E-state index contributed by atoms with van der Waals surface area (Å²) in [4.78, 5) is 15.8. The minimum Gasteiger partial charge on any atom is -0.481 e. The molecule has 0 amide bonds. The van der Waals surface area contributed by atoms with Crippen molar-refractivity contribution in [2.45, 2.75) is 26.9 Å². The number of hydrogen-bond donors (Lipinski definition) is 0. The lowest BCUT2D eigenvalue weighted by molar-refractivity contribution is 0.0122. The zero-order valence-electron chi connectivity index (χ0n) is 10.9. The Labute approximate surface area is 106 Å². The van der Waals surface area contributed by atoms with Crippen LogP contribution in [0.25, 0.3) is 0 Å². The Morgan fingerprint density at radius 1 is 1.50 bits per heavy atom. The molecule has 5 nitrogen and oxygen atoms in total. The molecule has 0 aromatic carbocycles. The van der Waals surface area contributed by atoms with E-state index in [1.807, 2.05) is 0 Å². The first-order chi connectivity index (χ1) is 8.40. The standard InChI is InChI=1S/C13H16N2O3/c1-9(13(2,3)8-14)18-12(16)10-6-5-7-11(15-10)17-4/h5-7,9H,1-4H3/t9-/m1/s1. The van der Waals surface area contributed by atoms with Crippen molar-refractivity contribution in [1.29, 1.82) is 5.26 Å². The summed E-state index contributed by atoms with van der Waals surface area (Å²) in [7, 11) is 1.47. The van der Waals surface area contributed by atoms with Gasteiger partial charge in [0.1, 0.15) is 6.10 Å². The number of hydrogen-bond acceptors (Lipinski definition) is 5. The first kappa shape index (κ1) is 14.0. The molecule has 0 N–H and O–H groups in total. The highest BCUT2D eigenvalue weighted by Crippen LogP contribution is 2.22. The van der Waals surface area contributed by atoms with Crippen LogP contribution in [0.5, 0.6) is 5.88 Å². The summed E-state index contributed by atoms with van der Waals surface area (Å²) >= 11 is 0. The summed E-state index contributed by atoms with van der Waals surface area (Å²) in [6.07, 6.45) is -0.525. The Balaban J connectivity index is 2.80. The molecule has 0 aliphatic carbocycles. The van der Waals surface area contributed by atoms with Crippen molar-refractivity contribution < 1.29 is 14.3 Å². The van der Waals surface area contributed by atoms with Gasteiger partial charge in [0.15, 0.2) is 5.69 Å². The molecule has 0 spiro atoms. The van der Waals surface area contributed by atoms with Crippen molar-refractivity contribution >= 4 is 5.97 Å². The second kappa shape index (κ2) is 5.50. The van der Waals surface area contributed by atoms with Gasteiger partial charge in [-0.25, -0.2) is 9.78 Å². The molecule has 1 aromatic heterocycles. The molecule has 0 saturated carbocycles. The van der Waals surface area contributed by atoms with Gasteiger partial charge in [-0.1, -0.05) is 6.07 Å². The van der Waals surface area contributed by atoms with Gasteiger partial charge < -0.3 is 9.47 Å². The molecule has 96 valence electrons. The van der Waals surface area contributed by atoms with Crippen molar-refractivity contribution in [2.75, 3.05) is 7.11 Å². The van der Waals surface area contributed by atoms with E-state index < -0.39 is 17.5 Å². The monoisotopic (exact) mass is 248 g/mol. The highest BCUT2D eigenvalue weighted by molar-refractivity contribution is 5.87. The summed E-state index contributed by atoms with van der Waals surface area (Å²) in [5.41, 5.74) is -0.580. The first-order valence-electron chi connectivity index (χ1n) is 5.54. The molecule has 0 unspecified atom stereocenters. The molecular weight excluding hydrogens is 232 g/mol.